The van der Waals surface area contributed by atoms with Gasteiger partial charge in [-0.15, -0.1) is 22.7 Å². The number of hydrazine groups is 1. The van der Waals surface area contributed by atoms with Crippen LogP contribution in [0.25, 0.3) is 0 Å². The lowest BCUT2D eigenvalue weighted by Crippen LogP contribution is -2.07. The summed E-state index contributed by atoms with van der Waals surface area (Å²) < 4.78 is 10.9. The first-order chi connectivity index (χ1) is 14.7. The van der Waals surface area contributed by atoms with Crippen molar-refractivity contribution in [2.45, 2.75) is 12.8 Å². The Morgan fingerprint density at radius 1 is 0.700 bits per heavy atom. The van der Waals surface area contributed by atoms with Crippen LogP contribution in [0.1, 0.15) is 20.9 Å². The van der Waals surface area contributed by atoms with Gasteiger partial charge in [0.15, 0.2) is 0 Å². The highest BCUT2D eigenvalue weighted by molar-refractivity contribution is 7.16. The smallest absolute Gasteiger partial charge is 0.201 e. The number of benzene rings is 2. The van der Waals surface area contributed by atoms with Crippen LogP contribution in [-0.2, 0) is 12.8 Å². The van der Waals surface area contributed by atoms with Crippen molar-refractivity contribution < 1.29 is 9.47 Å². The van der Waals surface area contributed by atoms with Gasteiger partial charge < -0.3 is 9.47 Å². The van der Waals surface area contributed by atoms with Gasteiger partial charge >= 0.3 is 0 Å². The van der Waals surface area contributed by atoms with Crippen molar-refractivity contribution >= 4 is 32.9 Å². The number of ether oxygens (including phenoxy) is 2. The van der Waals surface area contributed by atoms with Crippen molar-refractivity contribution in [2.24, 2.45) is 0 Å². The maximum atomic E-state index is 5.43. The molecule has 0 amide bonds. The summed E-state index contributed by atoms with van der Waals surface area (Å²) in [6, 6.07) is 16.1. The molecule has 154 valence electrons. The van der Waals surface area contributed by atoms with Gasteiger partial charge in [-0.05, 0) is 23.3 Å². The van der Waals surface area contributed by atoms with Crippen LogP contribution in [0, 0.1) is 0 Å². The summed E-state index contributed by atoms with van der Waals surface area (Å²) >= 11 is 3.20. The highest BCUT2D eigenvalue weighted by Crippen LogP contribution is 2.28. The Bertz CT molecular complexity index is 1020. The van der Waals surface area contributed by atoms with Crippen molar-refractivity contribution in [2.75, 3.05) is 25.1 Å². The molecule has 0 aliphatic rings. The molecule has 8 heteroatoms. The third-order valence-electron chi connectivity index (χ3n) is 4.50. The zero-order valence-electron chi connectivity index (χ0n) is 16.7. The van der Waals surface area contributed by atoms with Crippen LogP contribution < -0.4 is 20.3 Å². The number of hydrogen-bond donors (Lipinski definition) is 2. The van der Waals surface area contributed by atoms with Crippen LogP contribution in [0.2, 0.25) is 0 Å². The van der Waals surface area contributed by atoms with Gasteiger partial charge in [0.25, 0.3) is 0 Å². The third kappa shape index (κ3) is 4.90. The van der Waals surface area contributed by atoms with Gasteiger partial charge in [-0.25, -0.2) is 9.97 Å². The minimum atomic E-state index is 0.781. The predicted molar refractivity (Wildman–Crippen MR) is 123 cm³/mol. The average Bonchev–Trinajstić information content (AvgIpc) is 3.42. The van der Waals surface area contributed by atoms with E-state index in [0.29, 0.717) is 0 Å². The first kappa shape index (κ1) is 20.2. The molecule has 0 saturated heterocycles. The Morgan fingerprint density at radius 2 is 1.13 bits per heavy atom. The number of anilines is 2. The Balaban J connectivity index is 1.35. The first-order valence-electron chi connectivity index (χ1n) is 9.40. The molecule has 0 saturated carbocycles. The maximum Gasteiger partial charge on any atom is 0.201 e. The lowest BCUT2D eigenvalue weighted by Gasteiger charge is -2.06. The predicted octanol–water partition coefficient (Wildman–Crippen LogP) is 5.24. The van der Waals surface area contributed by atoms with Crippen molar-refractivity contribution in [3.05, 3.63) is 81.8 Å². The van der Waals surface area contributed by atoms with Crippen LogP contribution >= 0.6 is 22.7 Å². The molecule has 0 aliphatic carbocycles. The minimum absolute atomic E-state index is 0.781. The Hall–Kier alpha value is -3.10. The molecule has 6 nitrogen and oxygen atoms in total. The summed E-state index contributed by atoms with van der Waals surface area (Å²) in [5.41, 5.74) is 8.58. The van der Waals surface area contributed by atoms with Gasteiger partial charge in [-0.2, -0.15) is 0 Å². The van der Waals surface area contributed by atoms with Gasteiger partial charge in [0.2, 0.25) is 10.3 Å². The van der Waals surface area contributed by atoms with E-state index in [1.54, 1.807) is 36.9 Å². The molecule has 2 aromatic carbocycles. The molecule has 0 atom stereocenters. The number of thiazole rings is 2. The Kier molecular flexibility index (Phi) is 6.46. The van der Waals surface area contributed by atoms with Gasteiger partial charge in [0.1, 0.15) is 11.5 Å². The SMILES string of the molecule is COc1ccccc1Cc1cnc(NNc2ncc(Cc3ccccc3OC)s2)s1. The number of hydrogen-bond acceptors (Lipinski definition) is 8. The van der Waals surface area contributed by atoms with E-state index >= 15 is 0 Å². The number of nitrogens with zero attached hydrogens (tertiary/aromatic N) is 2. The van der Waals surface area contributed by atoms with E-state index in [1.165, 1.54) is 0 Å². The second-order valence-corrected chi connectivity index (χ2v) is 8.72. The number of rotatable bonds is 9. The maximum absolute atomic E-state index is 5.43. The summed E-state index contributed by atoms with van der Waals surface area (Å²) in [5.74, 6) is 1.78. The van der Waals surface area contributed by atoms with E-state index in [1.807, 2.05) is 48.8 Å². The van der Waals surface area contributed by atoms with Crippen LogP contribution in [0.3, 0.4) is 0 Å². The van der Waals surface area contributed by atoms with Gasteiger partial charge in [-0.3, -0.25) is 10.9 Å². The van der Waals surface area contributed by atoms with E-state index in [9.17, 15) is 0 Å². The molecule has 0 radical (unpaired) electrons. The molecule has 0 spiro atoms. The molecule has 0 aliphatic heterocycles. The zero-order chi connectivity index (χ0) is 20.8. The van der Waals surface area contributed by atoms with E-state index in [4.69, 9.17) is 9.47 Å². The van der Waals surface area contributed by atoms with Crippen molar-refractivity contribution in [3.8, 4) is 11.5 Å². The normalized spacial score (nSPS) is 10.6. The second-order valence-electron chi connectivity index (χ2n) is 6.49. The molecule has 0 fully saturated rings. The van der Waals surface area contributed by atoms with Gasteiger partial charge in [-0.1, -0.05) is 36.4 Å². The topological polar surface area (TPSA) is 68.3 Å². The van der Waals surface area contributed by atoms with Gasteiger partial charge in [0.05, 0.1) is 14.2 Å². The van der Waals surface area contributed by atoms with Crippen molar-refractivity contribution in [3.63, 3.8) is 0 Å². The second kappa shape index (κ2) is 9.60. The van der Waals surface area contributed by atoms with E-state index in [0.717, 1.165) is 55.5 Å². The van der Waals surface area contributed by atoms with E-state index in [-0.39, 0.29) is 0 Å². The summed E-state index contributed by atoms with van der Waals surface area (Å²) in [5, 5.41) is 1.59. The molecule has 0 bridgehead atoms. The average molecular weight is 439 g/mol. The monoisotopic (exact) mass is 438 g/mol. The third-order valence-corrected chi connectivity index (χ3v) is 6.32. The quantitative estimate of drug-likeness (QED) is 0.349. The van der Waals surface area contributed by atoms with Crippen LogP contribution in [-0.4, -0.2) is 24.2 Å². The first-order valence-corrected chi connectivity index (χ1v) is 11.0. The molecule has 2 heterocycles. The molecule has 2 N–H and O–H groups in total. The lowest BCUT2D eigenvalue weighted by molar-refractivity contribution is 0.410. The fraction of sp³-hybridized carbons (Fsp3) is 0.182. The summed E-state index contributed by atoms with van der Waals surface area (Å²) in [7, 11) is 3.39. The number of methoxy groups -OCH3 is 2. The summed E-state index contributed by atoms with van der Waals surface area (Å²) in [6.07, 6.45) is 5.33. The standard InChI is InChI=1S/C22H22N4O2S2/c1-27-19-9-5-3-7-15(19)11-17-13-23-21(29-17)25-26-22-24-14-18(30-22)12-16-8-4-6-10-20(16)28-2/h3-10,13-14H,11-12H2,1-2H3,(H,23,25)(H,24,26). The Morgan fingerprint density at radius 3 is 1.57 bits per heavy atom. The molecule has 30 heavy (non-hydrogen) atoms. The summed E-state index contributed by atoms with van der Waals surface area (Å²) in [4.78, 5) is 11.2. The number of aromatic nitrogens is 2. The molecule has 2 aromatic heterocycles. The van der Waals surface area contributed by atoms with E-state index in [2.05, 4.69) is 33.0 Å². The summed E-state index contributed by atoms with van der Waals surface area (Å²) in [6.45, 7) is 0. The van der Waals surface area contributed by atoms with E-state index < -0.39 is 0 Å². The van der Waals surface area contributed by atoms with Crippen LogP contribution in [0.4, 0.5) is 10.3 Å². The fourth-order valence-corrected chi connectivity index (χ4v) is 4.65. The molecule has 4 aromatic rings. The fourth-order valence-electron chi connectivity index (χ4n) is 3.07. The number of para-hydroxylation sites is 2. The van der Waals surface area contributed by atoms with Crippen molar-refractivity contribution in [1.29, 1.82) is 0 Å². The molecular weight excluding hydrogens is 416 g/mol. The number of nitrogens with one attached hydrogen (secondary N) is 2. The van der Waals surface area contributed by atoms with Crippen LogP contribution in [0.5, 0.6) is 11.5 Å². The molecule has 4 rings (SSSR count). The Labute approximate surface area is 183 Å². The van der Waals surface area contributed by atoms with Gasteiger partial charge in [0, 0.05) is 35.0 Å². The van der Waals surface area contributed by atoms with Crippen molar-refractivity contribution in [1.82, 2.24) is 9.97 Å². The highest BCUT2D eigenvalue weighted by Gasteiger charge is 2.09. The van der Waals surface area contributed by atoms with Crippen LogP contribution in [0.15, 0.2) is 60.9 Å². The zero-order valence-corrected chi connectivity index (χ0v) is 18.3. The minimum Gasteiger partial charge on any atom is -0.496 e. The largest absolute Gasteiger partial charge is 0.496 e. The molecular formula is C22H22N4O2S2. The molecule has 0 unspecified atom stereocenters. The highest BCUT2D eigenvalue weighted by atomic mass is 32.1. The lowest BCUT2D eigenvalue weighted by atomic mass is 10.1.